The number of carbonyl (C=O) groups is 1. The van der Waals surface area contributed by atoms with Crippen LogP contribution in [0, 0.1) is 26.2 Å². The van der Waals surface area contributed by atoms with Crippen LogP contribution in [0.4, 0.5) is 0 Å². The number of nitrogens with zero attached hydrogens (tertiary/aromatic N) is 1. The Balaban J connectivity index is 2.90. The number of aryl methyl sites for hydroxylation is 2. The minimum absolute atomic E-state index is 0.0997. The molecule has 0 fully saturated rings. The maximum atomic E-state index is 11.7. The first-order valence-corrected chi connectivity index (χ1v) is 4.32. The van der Waals surface area contributed by atoms with E-state index in [0.29, 0.717) is 17.9 Å². The van der Waals surface area contributed by atoms with Crippen LogP contribution in [0.15, 0.2) is 10.5 Å². The van der Waals surface area contributed by atoms with Crippen molar-refractivity contribution in [1.29, 1.82) is 0 Å². The Morgan fingerprint density at radius 2 is 2.29 bits per heavy atom. The van der Waals surface area contributed by atoms with E-state index < -0.39 is 0 Å². The van der Waals surface area contributed by atoms with Gasteiger partial charge in [0.15, 0.2) is 0 Å². The van der Waals surface area contributed by atoms with Gasteiger partial charge in [0.1, 0.15) is 11.5 Å². The smallest absolute Gasteiger partial charge is 0.257 e. The summed E-state index contributed by atoms with van der Waals surface area (Å²) in [6, 6.07) is 1.73. The minimum atomic E-state index is -0.0997. The zero-order valence-corrected chi connectivity index (χ0v) is 8.63. The van der Waals surface area contributed by atoms with Gasteiger partial charge in [-0.25, -0.2) is 0 Å². The second-order valence-electron chi connectivity index (χ2n) is 3.19. The molecule has 0 radical (unpaired) electrons. The molecule has 0 bridgehead atoms. The van der Waals surface area contributed by atoms with E-state index in [1.54, 1.807) is 20.0 Å². The van der Waals surface area contributed by atoms with Crippen molar-refractivity contribution in [3.8, 4) is 12.3 Å². The van der Waals surface area contributed by atoms with Gasteiger partial charge in [0.25, 0.3) is 5.91 Å². The molecule has 74 valence electrons. The fourth-order valence-electron chi connectivity index (χ4n) is 1.26. The molecule has 0 aromatic carbocycles. The van der Waals surface area contributed by atoms with Crippen LogP contribution >= 0.6 is 0 Å². The fourth-order valence-corrected chi connectivity index (χ4v) is 1.26. The molecular formula is C11H13NO2. The summed E-state index contributed by atoms with van der Waals surface area (Å²) in [6.07, 6.45) is 5.12. The number of amides is 1. The summed E-state index contributed by atoms with van der Waals surface area (Å²) in [7, 11) is 1.67. The number of rotatable bonds is 2. The first-order chi connectivity index (χ1) is 6.56. The Hall–Kier alpha value is -1.69. The number of furan rings is 1. The minimum Gasteiger partial charge on any atom is -0.466 e. The van der Waals surface area contributed by atoms with Crippen LogP contribution < -0.4 is 0 Å². The largest absolute Gasteiger partial charge is 0.466 e. The third kappa shape index (κ3) is 1.97. The summed E-state index contributed by atoms with van der Waals surface area (Å²) < 4.78 is 5.26. The number of carbonyl (C=O) groups excluding carboxylic acids is 1. The first-order valence-electron chi connectivity index (χ1n) is 4.32. The van der Waals surface area contributed by atoms with Crippen molar-refractivity contribution in [2.75, 3.05) is 13.6 Å². The van der Waals surface area contributed by atoms with Crippen molar-refractivity contribution < 1.29 is 9.21 Å². The van der Waals surface area contributed by atoms with E-state index in [1.165, 1.54) is 4.90 Å². The third-order valence-electron chi connectivity index (χ3n) is 1.95. The molecular weight excluding hydrogens is 178 g/mol. The van der Waals surface area contributed by atoms with Gasteiger partial charge in [-0.05, 0) is 19.9 Å². The van der Waals surface area contributed by atoms with E-state index >= 15 is 0 Å². The summed E-state index contributed by atoms with van der Waals surface area (Å²) in [4.78, 5) is 13.2. The molecule has 3 nitrogen and oxygen atoms in total. The molecule has 0 N–H and O–H groups in total. The van der Waals surface area contributed by atoms with Crippen LogP contribution in [0.3, 0.4) is 0 Å². The lowest BCUT2D eigenvalue weighted by atomic mass is 10.2. The molecule has 0 saturated carbocycles. The van der Waals surface area contributed by atoms with Gasteiger partial charge in [0, 0.05) is 7.05 Å². The molecule has 1 amide bonds. The standard InChI is InChI=1S/C11H13NO2/c1-5-6-12(4)11(13)10-7-8(2)14-9(10)3/h1,7H,6H2,2-4H3. The third-order valence-corrected chi connectivity index (χ3v) is 1.95. The normalized spacial score (nSPS) is 9.57. The van der Waals surface area contributed by atoms with Crippen molar-refractivity contribution in [1.82, 2.24) is 4.90 Å². The molecule has 1 aromatic rings. The van der Waals surface area contributed by atoms with Crippen molar-refractivity contribution >= 4 is 5.91 Å². The fraction of sp³-hybridized carbons (Fsp3) is 0.364. The first kappa shape index (κ1) is 10.4. The highest BCUT2D eigenvalue weighted by Crippen LogP contribution is 2.15. The van der Waals surface area contributed by atoms with Crippen molar-refractivity contribution in [2.45, 2.75) is 13.8 Å². The zero-order chi connectivity index (χ0) is 10.7. The number of terminal acetylenes is 1. The van der Waals surface area contributed by atoms with Crippen LogP contribution in [0.2, 0.25) is 0 Å². The Morgan fingerprint density at radius 3 is 2.71 bits per heavy atom. The molecule has 0 aliphatic rings. The number of hydrogen-bond donors (Lipinski definition) is 0. The predicted molar refractivity (Wildman–Crippen MR) is 54.0 cm³/mol. The van der Waals surface area contributed by atoms with Crippen LogP contribution in [0.25, 0.3) is 0 Å². The lowest BCUT2D eigenvalue weighted by molar-refractivity contribution is 0.0811. The second-order valence-corrected chi connectivity index (χ2v) is 3.19. The topological polar surface area (TPSA) is 33.5 Å². The van der Waals surface area contributed by atoms with Crippen LogP contribution in [0.5, 0.6) is 0 Å². The van der Waals surface area contributed by atoms with Crippen molar-refractivity contribution in [3.05, 3.63) is 23.2 Å². The molecule has 1 rings (SSSR count). The van der Waals surface area contributed by atoms with Crippen LogP contribution in [-0.4, -0.2) is 24.4 Å². The van der Waals surface area contributed by atoms with Crippen LogP contribution in [-0.2, 0) is 0 Å². The van der Waals surface area contributed by atoms with E-state index in [-0.39, 0.29) is 5.91 Å². The lowest BCUT2D eigenvalue weighted by Crippen LogP contribution is -2.27. The molecule has 0 spiro atoms. The second kappa shape index (κ2) is 4.01. The molecule has 0 aliphatic heterocycles. The summed E-state index contributed by atoms with van der Waals surface area (Å²) in [5.74, 6) is 3.69. The monoisotopic (exact) mass is 191 g/mol. The van der Waals surface area contributed by atoms with Crippen molar-refractivity contribution in [3.63, 3.8) is 0 Å². The van der Waals surface area contributed by atoms with Gasteiger partial charge in [0.2, 0.25) is 0 Å². The van der Waals surface area contributed by atoms with Crippen molar-refractivity contribution in [2.24, 2.45) is 0 Å². The average Bonchev–Trinajstić information content (AvgIpc) is 2.44. The van der Waals surface area contributed by atoms with Gasteiger partial charge < -0.3 is 9.32 Å². The van der Waals surface area contributed by atoms with Gasteiger partial charge in [0.05, 0.1) is 12.1 Å². The van der Waals surface area contributed by atoms with Gasteiger partial charge in [-0.2, -0.15) is 0 Å². The quantitative estimate of drug-likeness (QED) is 0.665. The zero-order valence-electron chi connectivity index (χ0n) is 8.63. The van der Waals surface area contributed by atoms with Gasteiger partial charge in [-0.1, -0.05) is 5.92 Å². The lowest BCUT2D eigenvalue weighted by Gasteiger charge is -2.12. The molecule has 1 aromatic heterocycles. The van der Waals surface area contributed by atoms with E-state index in [9.17, 15) is 4.79 Å². The maximum absolute atomic E-state index is 11.7. The summed E-state index contributed by atoms with van der Waals surface area (Å²) in [6.45, 7) is 3.89. The molecule has 1 heterocycles. The summed E-state index contributed by atoms with van der Waals surface area (Å²) >= 11 is 0. The van der Waals surface area contributed by atoms with Gasteiger partial charge >= 0.3 is 0 Å². The highest BCUT2D eigenvalue weighted by molar-refractivity contribution is 5.95. The van der Waals surface area contributed by atoms with Crippen LogP contribution in [0.1, 0.15) is 21.9 Å². The average molecular weight is 191 g/mol. The Morgan fingerprint density at radius 1 is 1.64 bits per heavy atom. The Labute approximate surface area is 83.7 Å². The van der Waals surface area contributed by atoms with E-state index in [0.717, 1.165) is 5.76 Å². The molecule has 0 atom stereocenters. The SMILES string of the molecule is C#CCN(C)C(=O)c1cc(C)oc1C. The van der Waals surface area contributed by atoms with Gasteiger partial charge in [-0.3, -0.25) is 4.79 Å². The predicted octanol–water partition coefficient (Wildman–Crippen LogP) is 1.60. The Kier molecular flexibility index (Phi) is 2.98. The molecule has 3 heteroatoms. The molecule has 0 saturated heterocycles. The Bertz CT molecular complexity index is 384. The van der Waals surface area contributed by atoms with E-state index in [2.05, 4.69) is 5.92 Å². The summed E-state index contributed by atoms with van der Waals surface area (Å²) in [5, 5.41) is 0. The molecule has 0 aliphatic carbocycles. The van der Waals surface area contributed by atoms with E-state index in [4.69, 9.17) is 10.8 Å². The van der Waals surface area contributed by atoms with E-state index in [1.807, 2.05) is 6.92 Å². The molecule has 14 heavy (non-hydrogen) atoms. The van der Waals surface area contributed by atoms with Gasteiger partial charge in [-0.15, -0.1) is 6.42 Å². The molecule has 0 unspecified atom stereocenters. The number of hydrogen-bond acceptors (Lipinski definition) is 2. The highest BCUT2D eigenvalue weighted by Gasteiger charge is 2.16. The highest BCUT2D eigenvalue weighted by atomic mass is 16.3. The summed E-state index contributed by atoms with van der Waals surface area (Å²) in [5.41, 5.74) is 0.584. The maximum Gasteiger partial charge on any atom is 0.257 e.